The van der Waals surface area contributed by atoms with Gasteiger partial charge in [-0.3, -0.25) is 14.4 Å². The molecule has 1 aromatic carbocycles. The normalized spacial score (nSPS) is 13.6. The number of nitrogens with one attached hydrogen (secondary N) is 1. The Morgan fingerprint density at radius 2 is 1.90 bits per heavy atom. The number of hydrazone groups is 1. The standard InChI is InChI=1S/C21H21N3O5S/c1-14(25)22-12-11-16-7-9-19(30-16)18(26)13-29-21(28)17-8-10-20(27)24(23-17)15-5-3-2-4-6-15/h2-7,9H,8,10-13H2,1H3,(H,22,25). The molecule has 2 heterocycles. The van der Waals surface area contributed by atoms with Crippen LogP contribution in [0.1, 0.15) is 34.3 Å². The van der Waals surface area contributed by atoms with Crippen molar-refractivity contribution < 1.29 is 23.9 Å². The van der Waals surface area contributed by atoms with Crippen LogP contribution in [0.3, 0.4) is 0 Å². The van der Waals surface area contributed by atoms with E-state index in [1.807, 2.05) is 12.1 Å². The van der Waals surface area contributed by atoms with Crippen LogP contribution in [0.15, 0.2) is 47.6 Å². The lowest BCUT2D eigenvalue weighted by atomic mass is 10.1. The molecule has 2 aromatic rings. The Balaban J connectivity index is 1.56. The predicted octanol–water partition coefficient (Wildman–Crippen LogP) is 2.34. The van der Waals surface area contributed by atoms with Crippen LogP contribution in [-0.4, -0.2) is 42.4 Å². The molecule has 0 spiro atoms. The molecule has 30 heavy (non-hydrogen) atoms. The van der Waals surface area contributed by atoms with Crippen molar-refractivity contribution in [3.8, 4) is 0 Å². The molecule has 3 rings (SSSR count). The molecule has 0 atom stereocenters. The Morgan fingerprint density at radius 1 is 1.13 bits per heavy atom. The van der Waals surface area contributed by atoms with Gasteiger partial charge in [-0.1, -0.05) is 18.2 Å². The van der Waals surface area contributed by atoms with Crippen molar-refractivity contribution in [3.63, 3.8) is 0 Å². The number of carbonyl (C=O) groups is 4. The number of rotatable bonds is 8. The summed E-state index contributed by atoms with van der Waals surface area (Å²) in [5, 5.41) is 8.00. The number of ketones is 1. The number of benzene rings is 1. The molecule has 1 aliphatic heterocycles. The van der Waals surface area contributed by atoms with Gasteiger partial charge in [-0.2, -0.15) is 5.10 Å². The molecular formula is C21H21N3O5S. The summed E-state index contributed by atoms with van der Waals surface area (Å²) in [7, 11) is 0. The van der Waals surface area contributed by atoms with Gasteiger partial charge in [-0.15, -0.1) is 11.3 Å². The number of hydrogen-bond donors (Lipinski definition) is 1. The van der Waals surface area contributed by atoms with Crippen LogP contribution in [0.5, 0.6) is 0 Å². The van der Waals surface area contributed by atoms with E-state index >= 15 is 0 Å². The Morgan fingerprint density at radius 3 is 2.63 bits per heavy atom. The summed E-state index contributed by atoms with van der Waals surface area (Å²) in [6, 6.07) is 12.3. The SMILES string of the molecule is CC(=O)NCCc1ccc(C(=O)COC(=O)C2=NN(c3ccccc3)C(=O)CC2)s1. The van der Waals surface area contributed by atoms with Crippen molar-refractivity contribution in [3.05, 3.63) is 52.2 Å². The maximum Gasteiger partial charge on any atom is 0.354 e. The summed E-state index contributed by atoms with van der Waals surface area (Å²) >= 11 is 1.30. The highest BCUT2D eigenvalue weighted by Gasteiger charge is 2.27. The number of hydrogen-bond acceptors (Lipinski definition) is 7. The largest absolute Gasteiger partial charge is 0.453 e. The van der Waals surface area contributed by atoms with E-state index in [0.717, 1.165) is 4.88 Å². The lowest BCUT2D eigenvalue weighted by molar-refractivity contribution is -0.134. The van der Waals surface area contributed by atoms with E-state index in [1.165, 1.54) is 23.3 Å². The molecule has 0 saturated carbocycles. The zero-order valence-corrected chi connectivity index (χ0v) is 17.2. The second kappa shape index (κ2) is 9.93. The number of thiophene rings is 1. The first kappa shape index (κ1) is 21.4. The van der Waals surface area contributed by atoms with Crippen molar-refractivity contribution in [1.82, 2.24) is 5.32 Å². The van der Waals surface area contributed by atoms with Gasteiger partial charge in [0.2, 0.25) is 17.6 Å². The minimum Gasteiger partial charge on any atom is -0.453 e. The molecule has 0 unspecified atom stereocenters. The second-order valence-electron chi connectivity index (χ2n) is 6.59. The Kier molecular flexibility index (Phi) is 7.08. The first-order valence-corrected chi connectivity index (χ1v) is 10.2. The van der Waals surface area contributed by atoms with Crippen LogP contribution in [0.25, 0.3) is 0 Å². The van der Waals surface area contributed by atoms with Gasteiger partial charge in [-0.05, 0) is 30.7 Å². The zero-order chi connectivity index (χ0) is 21.5. The third-order valence-electron chi connectivity index (χ3n) is 4.29. The van der Waals surface area contributed by atoms with Gasteiger partial charge in [-0.25, -0.2) is 9.80 Å². The van der Waals surface area contributed by atoms with Crippen LogP contribution in [-0.2, 0) is 25.5 Å². The van der Waals surface area contributed by atoms with Gasteiger partial charge in [0, 0.05) is 31.2 Å². The number of anilines is 1. The summed E-state index contributed by atoms with van der Waals surface area (Å²) in [6.45, 7) is 1.54. The maximum absolute atomic E-state index is 12.3. The zero-order valence-electron chi connectivity index (χ0n) is 16.4. The molecule has 1 N–H and O–H groups in total. The fraction of sp³-hybridized carbons (Fsp3) is 0.286. The minimum atomic E-state index is -0.709. The number of ether oxygens (including phenoxy) is 1. The molecule has 0 saturated heterocycles. The predicted molar refractivity (Wildman–Crippen MR) is 113 cm³/mol. The highest BCUT2D eigenvalue weighted by Crippen LogP contribution is 2.20. The molecule has 0 fully saturated rings. The second-order valence-corrected chi connectivity index (χ2v) is 7.75. The molecule has 1 aliphatic rings. The molecule has 156 valence electrons. The maximum atomic E-state index is 12.3. The summed E-state index contributed by atoms with van der Waals surface area (Å²) < 4.78 is 5.13. The third-order valence-corrected chi connectivity index (χ3v) is 5.47. The molecule has 0 radical (unpaired) electrons. The van der Waals surface area contributed by atoms with Crippen molar-refractivity contribution >= 4 is 46.3 Å². The lowest BCUT2D eigenvalue weighted by Gasteiger charge is -2.22. The first-order chi connectivity index (χ1) is 14.4. The number of Topliss-reactive ketones (excluding diaryl/α,β-unsaturated/α-hetero) is 1. The van der Waals surface area contributed by atoms with Crippen LogP contribution in [0.4, 0.5) is 5.69 Å². The summed E-state index contributed by atoms with van der Waals surface area (Å²) in [5.74, 6) is -1.34. The molecule has 1 aromatic heterocycles. The van der Waals surface area contributed by atoms with Crippen molar-refractivity contribution in [2.75, 3.05) is 18.2 Å². The quantitative estimate of drug-likeness (QED) is 0.514. The lowest BCUT2D eigenvalue weighted by Crippen LogP contribution is -2.35. The average Bonchev–Trinajstić information content (AvgIpc) is 3.21. The fourth-order valence-corrected chi connectivity index (χ4v) is 3.71. The van der Waals surface area contributed by atoms with Gasteiger partial charge < -0.3 is 10.1 Å². The monoisotopic (exact) mass is 427 g/mol. The van der Waals surface area contributed by atoms with E-state index < -0.39 is 12.6 Å². The van der Waals surface area contributed by atoms with Crippen LogP contribution in [0, 0.1) is 0 Å². The number of nitrogens with zero attached hydrogens (tertiary/aromatic N) is 2. The molecule has 2 amide bonds. The summed E-state index contributed by atoms with van der Waals surface area (Å²) in [4.78, 5) is 49.1. The van der Waals surface area contributed by atoms with Crippen LogP contribution in [0.2, 0.25) is 0 Å². The molecule has 8 nitrogen and oxygen atoms in total. The highest BCUT2D eigenvalue weighted by atomic mass is 32.1. The summed E-state index contributed by atoms with van der Waals surface area (Å²) in [6.07, 6.45) is 0.929. The Bertz CT molecular complexity index is 984. The third kappa shape index (κ3) is 5.60. The van der Waals surface area contributed by atoms with Gasteiger partial charge in [0.05, 0.1) is 10.6 Å². The van der Waals surface area contributed by atoms with Crippen molar-refractivity contribution in [1.29, 1.82) is 0 Å². The van der Waals surface area contributed by atoms with Crippen molar-refractivity contribution in [2.45, 2.75) is 26.2 Å². The topological polar surface area (TPSA) is 105 Å². The number of para-hydroxylation sites is 1. The minimum absolute atomic E-state index is 0.104. The fourth-order valence-electron chi connectivity index (χ4n) is 2.78. The molecular weight excluding hydrogens is 406 g/mol. The van der Waals surface area contributed by atoms with E-state index in [-0.39, 0.29) is 36.2 Å². The molecule has 0 bridgehead atoms. The smallest absolute Gasteiger partial charge is 0.354 e. The van der Waals surface area contributed by atoms with E-state index in [9.17, 15) is 19.2 Å². The van der Waals surface area contributed by atoms with E-state index in [4.69, 9.17) is 4.74 Å². The van der Waals surface area contributed by atoms with E-state index in [2.05, 4.69) is 10.4 Å². The summed E-state index contributed by atoms with van der Waals surface area (Å²) in [5.41, 5.74) is 0.669. The van der Waals surface area contributed by atoms with Gasteiger partial charge in [0.25, 0.3) is 0 Å². The van der Waals surface area contributed by atoms with Crippen LogP contribution >= 0.6 is 11.3 Å². The van der Waals surface area contributed by atoms with Crippen molar-refractivity contribution in [2.24, 2.45) is 5.10 Å². The Hall–Kier alpha value is -3.33. The number of carbonyl (C=O) groups excluding carboxylic acids is 4. The molecule has 9 heteroatoms. The van der Waals surface area contributed by atoms with Gasteiger partial charge in [0.1, 0.15) is 5.71 Å². The van der Waals surface area contributed by atoms with E-state index in [0.29, 0.717) is 23.5 Å². The highest BCUT2D eigenvalue weighted by molar-refractivity contribution is 7.14. The average molecular weight is 427 g/mol. The van der Waals surface area contributed by atoms with Crippen LogP contribution < -0.4 is 10.3 Å². The van der Waals surface area contributed by atoms with E-state index in [1.54, 1.807) is 30.3 Å². The Labute approximate surface area is 177 Å². The molecule has 0 aliphatic carbocycles. The number of esters is 1. The number of amides is 2. The first-order valence-electron chi connectivity index (χ1n) is 9.43. The van der Waals surface area contributed by atoms with Gasteiger partial charge >= 0.3 is 5.97 Å². The van der Waals surface area contributed by atoms with Gasteiger partial charge in [0.15, 0.2) is 6.61 Å².